The number of furan rings is 1. The number of guanidine groups is 1. The monoisotopic (exact) mass is 358 g/mol. The Hall–Kier alpha value is -2.64. The van der Waals surface area contributed by atoms with Crippen LogP contribution in [0.4, 0.5) is 4.79 Å². The highest BCUT2D eigenvalue weighted by molar-refractivity contribution is 6.25. The molecule has 4 rings (SSSR count). The second-order valence-electron chi connectivity index (χ2n) is 6.91. The van der Waals surface area contributed by atoms with Gasteiger partial charge < -0.3 is 4.42 Å². The molecule has 1 atom stereocenters. The lowest BCUT2D eigenvalue weighted by Crippen LogP contribution is -2.63. The van der Waals surface area contributed by atoms with E-state index >= 15 is 0 Å². The number of likely N-dealkylation sites (N-methyl/N-ethyl adjacent to an activating group) is 1. The average Bonchev–Trinajstić information content (AvgIpc) is 3.34. The molecule has 0 radical (unpaired) electrons. The molecule has 26 heavy (non-hydrogen) atoms. The number of fused-ring (bicyclic) bond motifs is 3. The van der Waals surface area contributed by atoms with Crippen LogP contribution in [0.3, 0.4) is 0 Å². The van der Waals surface area contributed by atoms with E-state index in [1.54, 1.807) is 13.3 Å². The standard InChI is InChI=1S/C18H24N5O3/c1-3-4-5-8-23-16(24)14-15(20(2)18(23)25)19-17-21(9-10-22(14)17)12-13-7-6-11-26-13/h6-7,11,14H,3-5,8-10,12H2,1-2H3/q+1. The highest BCUT2D eigenvalue weighted by Gasteiger charge is 2.57. The fraction of sp³-hybridized carbons (Fsp3) is 0.556. The summed E-state index contributed by atoms with van der Waals surface area (Å²) in [5.74, 6) is 1.99. The number of nitrogens with zero attached hydrogens (tertiary/aromatic N) is 5. The van der Waals surface area contributed by atoms with Gasteiger partial charge in [-0.25, -0.2) is 9.69 Å². The lowest BCUT2D eigenvalue weighted by molar-refractivity contribution is -0.537. The minimum atomic E-state index is -0.490. The van der Waals surface area contributed by atoms with Gasteiger partial charge in [-0.1, -0.05) is 24.8 Å². The second-order valence-corrected chi connectivity index (χ2v) is 6.91. The molecule has 0 spiro atoms. The van der Waals surface area contributed by atoms with Gasteiger partial charge in [0.1, 0.15) is 12.3 Å². The predicted octanol–water partition coefficient (Wildman–Crippen LogP) is 1.33. The van der Waals surface area contributed by atoms with Gasteiger partial charge in [0.2, 0.25) is 11.9 Å². The van der Waals surface area contributed by atoms with Gasteiger partial charge in [-0.05, 0) is 18.6 Å². The van der Waals surface area contributed by atoms with Crippen LogP contribution in [-0.2, 0) is 11.3 Å². The molecule has 1 fully saturated rings. The van der Waals surface area contributed by atoms with Crippen LogP contribution < -0.4 is 0 Å². The van der Waals surface area contributed by atoms with Gasteiger partial charge in [0.25, 0.3) is 5.91 Å². The van der Waals surface area contributed by atoms with Crippen molar-refractivity contribution in [1.29, 1.82) is 0 Å². The van der Waals surface area contributed by atoms with Gasteiger partial charge >= 0.3 is 12.0 Å². The average molecular weight is 358 g/mol. The Labute approximate surface area is 152 Å². The molecule has 8 nitrogen and oxygen atoms in total. The van der Waals surface area contributed by atoms with E-state index < -0.39 is 6.04 Å². The molecule has 4 heterocycles. The number of aliphatic imine (C=N–C) groups is 1. The fourth-order valence-electron chi connectivity index (χ4n) is 3.78. The lowest BCUT2D eigenvalue weighted by Gasteiger charge is -2.34. The molecule has 0 N–H and O–H groups in total. The summed E-state index contributed by atoms with van der Waals surface area (Å²) < 4.78 is 7.53. The van der Waals surface area contributed by atoms with E-state index in [0.29, 0.717) is 25.5 Å². The number of rotatable bonds is 6. The van der Waals surface area contributed by atoms with Crippen LogP contribution in [0.1, 0.15) is 31.9 Å². The molecule has 8 heteroatoms. The maximum atomic E-state index is 13.0. The third-order valence-corrected chi connectivity index (χ3v) is 5.19. The van der Waals surface area contributed by atoms with Gasteiger partial charge in [-0.15, -0.1) is 0 Å². The highest BCUT2D eigenvalue weighted by Crippen LogP contribution is 2.26. The van der Waals surface area contributed by atoms with E-state index in [2.05, 4.69) is 16.5 Å². The summed E-state index contributed by atoms with van der Waals surface area (Å²) in [6.45, 7) is 4.68. The van der Waals surface area contributed by atoms with E-state index in [4.69, 9.17) is 4.42 Å². The minimum absolute atomic E-state index is 0.155. The minimum Gasteiger partial charge on any atom is -0.466 e. The van der Waals surface area contributed by atoms with Crippen molar-refractivity contribution in [1.82, 2.24) is 14.7 Å². The first-order chi connectivity index (χ1) is 12.6. The number of amidine groups is 1. The first kappa shape index (κ1) is 16.8. The van der Waals surface area contributed by atoms with Crippen LogP contribution >= 0.6 is 0 Å². The summed E-state index contributed by atoms with van der Waals surface area (Å²) in [5.41, 5.74) is 0. The number of unbranched alkanes of at least 4 members (excludes halogenated alkanes) is 2. The topological polar surface area (TPSA) is 72.4 Å². The van der Waals surface area contributed by atoms with E-state index in [1.165, 1.54) is 9.80 Å². The molecule has 0 saturated carbocycles. The number of carbonyl (C=O) groups is 2. The van der Waals surface area contributed by atoms with Crippen LogP contribution in [-0.4, -0.2) is 75.7 Å². The Kier molecular flexibility index (Phi) is 4.26. The molecular weight excluding hydrogens is 334 g/mol. The molecule has 3 amide bonds. The van der Waals surface area contributed by atoms with E-state index in [0.717, 1.165) is 37.5 Å². The molecule has 138 valence electrons. The molecule has 0 aromatic carbocycles. The third-order valence-electron chi connectivity index (χ3n) is 5.19. The molecule has 1 aromatic rings. The third kappa shape index (κ3) is 2.60. The highest BCUT2D eigenvalue weighted by atomic mass is 16.3. The van der Waals surface area contributed by atoms with E-state index in [-0.39, 0.29) is 11.9 Å². The number of amides is 3. The summed E-state index contributed by atoms with van der Waals surface area (Å²) >= 11 is 0. The van der Waals surface area contributed by atoms with Crippen molar-refractivity contribution in [2.75, 3.05) is 26.7 Å². The van der Waals surface area contributed by atoms with Crippen molar-refractivity contribution >= 4 is 23.7 Å². The molecule has 1 saturated heterocycles. The van der Waals surface area contributed by atoms with Crippen molar-refractivity contribution < 1.29 is 18.6 Å². The molecule has 3 aliphatic rings. The Morgan fingerprint density at radius 3 is 2.92 bits per heavy atom. The van der Waals surface area contributed by atoms with Crippen LogP contribution in [0, 0.1) is 0 Å². The quantitative estimate of drug-likeness (QED) is 0.568. The zero-order valence-electron chi connectivity index (χ0n) is 15.2. The molecule has 3 aliphatic heterocycles. The second kappa shape index (κ2) is 6.59. The van der Waals surface area contributed by atoms with Gasteiger partial charge in [0, 0.05) is 13.6 Å². The Morgan fingerprint density at radius 2 is 2.19 bits per heavy atom. The van der Waals surface area contributed by atoms with Crippen molar-refractivity contribution in [3.63, 3.8) is 0 Å². The van der Waals surface area contributed by atoms with Gasteiger partial charge in [0.05, 0.1) is 19.4 Å². The van der Waals surface area contributed by atoms with Crippen LogP contribution in [0.25, 0.3) is 0 Å². The number of imide groups is 1. The summed E-state index contributed by atoms with van der Waals surface area (Å²) in [4.78, 5) is 35.2. The largest absolute Gasteiger partial charge is 0.466 e. The molecular formula is C18H24N5O3+. The summed E-state index contributed by atoms with van der Waals surface area (Å²) in [5, 5.41) is 0. The van der Waals surface area contributed by atoms with Crippen LogP contribution in [0.15, 0.2) is 27.8 Å². The lowest BCUT2D eigenvalue weighted by atomic mass is 10.1. The maximum Gasteiger partial charge on any atom is 0.393 e. The maximum absolute atomic E-state index is 13.0. The first-order valence-corrected chi connectivity index (χ1v) is 9.20. The van der Waals surface area contributed by atoms with Crippen molar-refractivity contribution in [3.05, 3.63) is 24.2 Å². The molecule has 0 bridgehead atoms. The zero-order chi connectivity index (χ0) is 18.3. The smallest absolute Gasteiger partial charge is 0.393 e. The fourth-order valence-corrected chi connectivity index (χ4v) is 3.78. The summed E-state index contributed by atoms with van der Waals surface area (Å²) in [7, 11) is 1.70. The van der Waals surface area contributed by atoms with Gasteiger partial charge in [0.15, 0.2) is 0 Å². The van der Waals surface area contributed by atoms with Crippen LogP contribution in [0.2, 0.25) is 0 Å². The van der Waals surface area contributed by atoms with Gasteiger partial charge in [-0.3, -0.25) is 19.2 Å². The molecule has 1 unspecified atom stereocenters. The summed E-state index contributed by atoms with van der Waals surface area (Å²) in [6.07, 6.45) is 4.54. The summed E-state index contributed by atoms with van der Waals surface area (Å²) in [6, 6.07) is 3.02. The Morgan fingerprint density at radius 1 is 1.35 bits per heavy atom. The van der Waals surface area contributed by atoms with Crippen molar-refractivity contribution in [3.8, 4) is 0 Å². The van der Waals surface area contributed by atoms with Crippen molar-refractivity contribution in [2.45, 2.75) is 38.8 Å². The number of hydrogen-bond donors (Lipinski definition) is 0. The SMILES string of the molecule is CCCCCN1C(=O)C2C(=NC3=[N+](Cc4ccco4)CCN32)N(C)C1=O. The first-order valence-electron chi connectivity index (χ1n) is 9.20. The van der Waals surface area contributed by atoms with E-state index in [1.807, 2.05) is 17.0 Å². The normalized spacial score (nSPS) is 22.3. The van der Waals surface area contributed by atoms with Gasteiger partial charge in [-0.2, -0.15) is 0 Å². The van der Waals surface area contributed by atoms with Crippen LogP contribution in [0.5, 0.6) is 0 Å². The molecule has 0 aliphatic carbocycles. The molecule has 1 aromatic heterocycles. The number of urea groups is 1. The number of hydrogen-bond acceptors (Lipinski definition) is 5. The Balaban J connectivity index is 1.60. The van der Waals surface area contributed by atoms with Crippen molar-refractivity contribution in [2.24, 2.45) is 4.99 Å². The zero-order valence-corrected chi connectivity index (χ0v) is 15.2. The Bertz CT molecular complexity index is 783. The van der Waals surface area contributed by atoms with E-state index in [9.17, 15) is 9.59 Å². The predicted molar refractivity (Wildman–Crippen MR) is 94.9 cm³/mol. The number of carbonyl (C=O) groups excluding carboxylic acids is 2.